The molecule has 0 bridgehead atoms. The van der Waals surface area contributed by atoms with Gasteiger partial charge in [0, 0.05) is 3.57 Å². The van der Waals surface area contributed by atoms with E-state index in [0.717, 1.165) is 12.1 Å². The highest BCUT2D eigenvalue weighted by molar-refractivity contribution is 14.1. The molecule has 0 fully saturated rings. The Labute approximate surface area is 133 Å². The zero-order chi connectivity index (χ0) is 15.6. The number of halogens is 2. The molecule has 110 valence electrons. The van der Waals surface area contributed by atoms with E-state index < -0.39 is 31.3 Å². The third kappa shape index (κ3) is 3.47. The van der Waals surface area contributed by atoms with Crippen LogP contribution in [-0.4, -0.2) is 13.3 Å². The van der Waals surface area contributed by atoms with Crippen molar-refractivity contribution >= 4 is 44.0 Å². The van der Waals surface area contributed by atoms with Gasteiger partial charge in [0.1, 0.15) is 5.82 Å². The van der Waals surface area contributed by atoms with Crippen molar-refractivity contribution in [1.29, 1.82) is 0 Å². The Morgan fingerprint density at radius 3 is 2.48 bits per heavy atom. The van der Waals surface area contributed by atoms with Crippen molar-refractivity contribution in [3.63, 3.8) is 0 Å². The van der Waals surface area contributed by atoms with Crippen molar-refractivity contribution in [2.24, 2.45) is 0 Å². The van der Waals surface area contributed by atoms with Crippen molar-refractivity contribution < 1.29 is 17.7 Å². The largest absolute Gasteiger partial charge is 0.292 e. The molecule has 0 heterocycles. The highest BCUT2D eigenvalue weighted by atomic mass is 127. The number of anilines is 1. The molecule has 2 aromatic carbocycles. The minimum Gasteiger partial charge on any atom is -0.278 e. The summed E-state index contributed by atoms with van der Waals surface area (Å²) in [5, 5.41) is 10.9. The van der Waals surface area contributed by atoms with E-state index in [1.165, 1.54) is 6.07 Å². The smallest absolute Gasteiger partial charge is 0.278 e. The second kappa shape index (κ2) is 5.93. The minimum atomic E-state index is -4.19. The van der Waals surface area contributed by atoms with Crippen LogP contribution in [0.1, 0.15) is 0 Å². The normalized spacial score (nSPS) is 11.1. The van der Waals surface area contributed by atoms with E-state index in [1.807, 2.05) is 22.6 Å². The standard InChI is InChI=1S/C12H8FIN2O4S/c13-8-5-6-12(11(7-8)16(17)18)21(19,20)15-10-4-2-1-3-9(10)14/h1-7,15H. The van der Waals surface area contributed by atoms with Gasteiger partial charge in [-0.2, -0.15) is 0 Å². The number of para-hydroxylation sites is 1. The van der Waals surface area contributed by atoms with Crippen molar-refractivity contribution in [3.8, 4) is 0 Å². The van der Waals surface area contributed by atoms with Gasteiger partial charge in [-0.15, -0.1) is 0 Å². The Hall–Kier alpha value is -1.75. The molecule has 0 atom stereocenters. The summed E-state index contributed by atoms with van der Waals surface area (Å²) in [5.74, 6) is -0.880. The predicted octanol–water partition coefficient (Wildman–Crippen LogP) is 3.14. The number of benzene rings is 2. The van der Waals surface area contributed by atoms with Crippen LogP contribution in [0.2, 0.25) is 0 Å². The van der Waals surface area contributed by atoms with Crippen LogP contribution in [-0.2, 0) is 10.0 Å². The third-order valence-corrected chi connectivity index (χ3v) is 4.88. The van der Waals surface area contributed by atoms with Gasteiger partial charge in [-0.3, -0.25) is 14.8 Å². The van der Waals surface area contributed by atoms with Gasteiger partial charge in [0.25, 0.3) is 15.7 Å². The summed E-state index contributed by atoms with van der Waals surface area (Å²) >= 11 is 1.93. The lowest BCUT2D eigenvalue weighted by Gasteiger charge is -2.09. The molecule has 0 saturated carbocycles. The van der Waals surface area contributed by atoms with Gasteiger partial charge < -0.3 is 0 Å². The summed E-state index contributed by atoms with van der Waals surface area (Å²) in [6, 6.07) is 8.85. The summed E-state index contributed by atoms with van der Waals surface area (Å²) < 4.78 is 40.4. The van der Waals surface area contributed by atoms with E-state index in [2.05, 4.69) is 4.72 Å². The van der Waals surface area contributed by atoms with Crippen LogP contribution in [0, 0.1) is 19.5 Å². The van der Waals surface area contributed by atoms with Crippen molar-refractivity contribution in [2.45, 2.75) is 4.90 Å². The fraction of sp³-hybridized carbons (Fsp3) is 0. The molecule has 6 nitrogen and oxygen atoms in total. The molecule has 2 rings (SSSR count). The van der Waals surface area contributed by atoms with Gasteiger partial charge in [-0.1, -0.05) is 12.1 Å². The maximum Gasteiger partial charge on any atom is 0.292 e. The summed E-state index contributed by atoms with van der Waals surface area (Å²) in [5.41, 5.74) is -0.523. The van der Waals surface area contributed by atoms with Gasteiger partial charge in [-0.25, -0.2) is 12.8 Å². The highest BCUT2D eigenvalue weighted by Crippen LogP contribution is 2.27. The summed E-state index contributed by atoms with van der Waals surface area (Å²) in [6.45, 7) is 0. The number of nitro benzene ring substituents is 1. The number of nitrogens with zero attached hydrogens (tertiary/aromatic N) is 1. The Balaban J connectivity index is 2.50. The van der Waals surface area contributed by atoms with Crippen molar-refractivity contribution in [2.75, 3.05) is 4.72 Å². The topological polar surface area (TPSA) is 89.3 Å². The number of hydrogen-bond acceptors (Lipinski definition) is 4. The van der Waals surface area contributed by atoms with Crippen LogP contribution in [0.3, 0.4) is 0 Å². The van der Waals surface area contributed by atoms with Crippen LogP contribution in [0.4, 0.5) is 15.8 Å². The molecule has 0 aromatic heterocycles. The number of nitrogens with one attached hydrogen (secondary N) is 1. The van der Waals surface area contributed by atoms with E-state index in [-0.39, 0.29) is 5.69 Å². The van der Waals surface area contributed by atoms with Gasteiger partial charge in [0.2, 0.25) is 0 Å². The first-order valence-electron chi connectivity index (χ1n) is 5.52. The Kier molecular flexibility index (Phi) is 4.42. The van der Waals surface area contributed by atoms with E-state index >= 15 is 0 Å². The first-order valence-corrected chi connectivity index (χ1v) is 8.09. The maximum atomic E-state index is 13.1. The van der Waals surface area contributed by atoms with Crippen LogP contribution in [0.25, 0.3) is 0 Å². The second-order valence-electron chi connectivity index (χ2n) is 3.95. The number of hydrogen-bond donors (Lipinski definition) is 1. The average molecular weight is 422 g/mol. The molecule has 0 saturated heterocycles. The molecule has 0 aliphatic rings. The summed E-state index contributed by atoms with van der Waals surface area (Å²) in [6.07, 6.45) is 0. The zero-order valence-corrected chi connectivity index (χ0v) is 13.3. The molecule has 0 radical (unpaired) electrons. The molecule has 9 heteroatoms. The fourth-order valence-electron chi connectivity index (χ4n) is 1.60. The predicted molar refractivity (Wildman–Crippen MR) is 83.0 cm³/mol. The maximum absolute atomic E-state index is 13.1. The van der Waals surface area contributed by atoms with E-state index in [9.17, 15) is 22.9 Å². The van der Waals surface area contributed by atoms with Crippen LogP contribution < -0.4 is 4.72 Å². The Morgan fingerprint density at radius 1 is 1.19 bits per heavy atom. The first kappa shape index (κ1) is 15.6. The molecule has 0 aliphatic heterocycles. The average Bonchev–Trinajstić information content (AvgIpc) is 2.40. The Bertz CT molecular complexity index is 811. The number of sulfonamides is 1. The molecule has 2 aromatic rings. The Morgan fingerprint density at radius 2 is 1.86 bits per heavy atom. The molecular formula is C12H8FIN2O4S. The molecule has 21 heavy (non-hydrogen) atoms. The lowest BCUT2D eigenvalue weighted by molar-refractivity contribution is -0.388. The van der Waals surface area contributed by atoms with Crippen LogP contribution in [0.15, 0.2) is 47.4 Å². The van der Waals surface area contributed by atoms with E-state index in [4.69, 9.17) is 0 Å². The van der Waals surface area contributed by atoms with Crippen molar-refractivity contribution in [1.82, 2.24) is 0 Å². The van der Waals surface area contributed by atoms with Gasteiger partial charge in [0.05, 0.1) is 16.7 Å². The monoisotopic (exact) mass is 422 g/mol. The van der Waals surface area contributed by atoms with E-state index in [1.54, 1.807) is 18.2 Å². The van der Waals surface area contributed by atoms with Gasteiger partial charge in [-0.05, 0) is 46.9 Å². The number of rotatable bonds is 4. The van der Waals surface area contributed by atoms with Gasteiger partial charge in [0.15, 0.2) is 4.90 Å². The highest BCUT2D eigenvalue weighted by Gasteiger charge is 2.26. The first-order chi connectivity index (χ1) is 9.81. The minimum absolute atomic E-state index is 0.289. The third-order valence-electron chi connectivity index (χ3n) is 2.53. The molecule has 0 unspecified atom stereocenters. The number of nitro groups is 1. The second-order valence-corrected chi connectivity index (χ2v) is 6.77. The zero-order valence-electron chi connectivity index (χ0n) is 10.3. The lowest BCUT2D eigenvalue weighted by atomic mass is 10.3. The molecular weight excluding hydrogens is 414 g/mol. The summed E-state index contributed by atoms with van der Waals surface area (Å²) in [7, 11) is -4.19. The van der Waals surface area contributed by atoms with Crippen LogP contribution in [0.5, 0.6) is 0 Å². The lowest BCUT2D eigenvalue weighted by Crippen LogP contribution is -2.15. The quantitative estimate of drug-likeness (QED) is 0.466. The van der Waals surface area contributed by atoms with Crippen molar-refractivity contribution in [3.05, 3.63) is 62.0 Å². The van der Waals surface area contributed by atoms with Gasteiger partial charge >= 0.3 is 0 Å². The molecule has 1 N–H and O–H groups in total. The van der Waals surface area contributed by atoms with E-state index in [0.29, 0.717) is 9.64 Å². The summed E-state index contributed by atoms with van der Waals surface area (Å²) in [4.78, 5) is 9.36. The molecule has 0 spiro atoms. The fourth-order valence-corrected chi connectivity index (χ4v) is 3.54. The molecule has 0 amide bonds. The SMILES string of the molecule is O=[N+]([O-])c1cc(F)ccc1S(=O)(=O)Nc1ccccc1I. The van der Waals surface area contributed by atoms with Crippen LogP contribution >= 0.6 is 22.6 Å². The molecule has 0 aliphatic carbocycles.